The standard InChI is InChI=1S/C18H29N3/c1-13(2)17-10-15(12-19-16-4-5-16)11-18(20-17)21-8-6-14(3)7-9-21/h10-11,13-14,16,19H,4-9,12H2,1-3H3. The maximum Gasteiger partial charge on any atom is 0.129 e. The van der Waals surface area contributed by atoms with E-state index in [1.54, 1.807) is 0 Å². The first-order valence-corrected chi connectivity index (χ1v) is 8.61. The Kier molecular flexibility index (Phi) is 4.48. The molecule has 3 nitrogen and oxygen atoms in total. The van der Waals surface area contributed by atoms with Gasteiger partial charge in [-0.15, -0.1) is 0 Å². The highest BCUT2D eigenvalue weighted by Crippen LogP contribution is 2.26. The Hall–Kier alpha value is -1.09. The number of hydrogen-bond acceptors (Lipinski definition) is 3. The first-order chi connectivity index (χ1) is 10.1. The van der Waals surface area contributed by atoms with Crippen LogP contribution in [0, 0.1) is 5.92 Å². The van der Waals surface area contributed by atoms with Crippen LogP contribution in [0.5, 0.6) is 0 Å². The molecule has 3 rings (SSSR count). The number of aromatic nitrogens is 1. The number of anilines is 1. The van der Waals surface area contributed by atoms with E-state index < -0.39 is 0 Å². The van der Waals surface area contributed by atoms with Crippen LogP contribution in [0.15, 0.2) is 12.1 Å². The molecule has 3 heteroatoms. The van der Waals surface area contributed by atoms with Crippen LogP contribution in [0.4, 0.5) is 5.82 Å². The minimum atomic E-state index is 0.494. The Labute approximate surface area is 129 Å². The van der Waals surface area contributed by atoms with E-state index in [4.69, 9.17) is 4.98 Å². The van der Waals surface area contributed by atoms with Gasteiger partial charge in [-0.1, -0.05) is 20.8 Å². The van der Waals surface area contributed by atoms with Gasteiger partial charge in [-0.25, -0.2) is 4.98 Å². The van der Waals surface area contributed by atoms with Gasteiger partial charge in [0.1, 0.15) is 5.82 Å². The fourth-order valence-corrected chi connectivity index (χ4v) is 2.94. The van der Waals surface area contributed by atoms with E-state index in [1.165, 1.54) is 42.8 Å². The maximum atomic E-state index is 4.92. The fraction of sp³-hybridized carbons (Fsp3) is 0.722. The molecular weight excluding hydrogens is 258 g/mol. The van der Waals surface area contributed by atoms with Crippen molar-refractivity contribution in [1.82, 2.24) is 10.3 Å². The SMILES string of the molecule is CC1CCN(c2cc(CNC3CC3)cc(C(C)C)n2)CC1. The molecule has 1 saturated heterocycles. The summed E-state index contributed by atoms with van der Waals surface area (Å²) >= 11 is 0. The second-order valence-corrected chi connectivity index (χ2v) is 7.24. The summed E-state index contributed by atoms with van der Waals surface area (Å²) in [7, 11) is 0. The van der Waals surface area contributed by atoms with Gasteiger partial charge in [-0.05, 0) is 55.2 Å². The number of nitrogens with zero attached hydrogens (tertiary/aromatic N) is 2. The molecule has 1 aliphatic heterocycles. The summed E-state index contributed by atoms with van der Waals surface area (Å²) < 4.78 is 0. The van der Waals surface area contributed by atoms with Gasteiger partial charge in [0.2, 0.25) is 0 Å². The molecule has 0 spiro atoms. The Morgan fingerprint density at radius 1 is 1.19 bits per heavy atom. The fourth-order valence-electron chi connectivity index (χ4n) is 2.94. The Morgan fingerprint density at radius 2 is 1.90 bits per heavy atom. The van der Waals surface area contributed by atoms with E-state index in [2.05, 4.69) is 43.1 Å². The molecule has 0 aromatic carbocycles. The second kappa shape index (κ2) is 6.35. The predicted molar refractivity (Wildman–Crippen MR) is 88.8 cm³/mol. The van der Waals surface area contributed by atoms with Crippen LogP contribution < -0.4 is 10.2 Å². The van der Waals surface area contributed by atoms with Crippen LogP contribution in [0.2, 0.25) is 0 Å². The monoisotopic (exact) mass is 287 g/mol. The Balaban J connectivity index is 1.76. The van der Waals surface area contributed by atoms with Gasteiger partial charge < -0.3 is 10.2 Å². The van der Waals surface area contributed by atoms with E-state index in [-0.39, 0.29) is 0 Å². The molecule has 0 unspecified atom stereocenters. The number of pyridine rings is 1. The normalized spacial score (nSPS) is 20.3. The van der Waals surface area contributed by atoms with Gasteiger partial charge in [0.25, 0.3) is 0 Å². The summed E-state index contributed by atoms with van der Waals surface area (Å²) in [5, 5.41) is 3.63. The summed E-state index contributed by atoms with van der Waals surface area (Å²) in [5.74, 6) is 2.56. The lowest BCUT2D eigenvalue weighted by atomic mass is 9.99. The number of piperidine rings is 1. The van der Waals surface area contributed by atoms with Crippen LogP contribution in [0.1, 0.15) is 63.6 Å². The number of rotatable bonds is 5. The summed E-state index contributed by atoms with van der Waals surface area (Å²) in [6.07, 6.45) is 5.28. The van der Waals surface area contributed by atoms with E-state index in [9.17, 15) is 0 Å². The molecule has 1 N–H and O–H groups in total. The zero-order valence-electron chi connectivity index (χ0n) is 13.7. The molecule has 0 amide bonds. The predicted octanol–water partition coefficient (Wildman–Crippen LogP) is 3.69. The van der Waals surface area contributed by atoms with Gasteiger partial charge in [-0.3, -0.25) is 0 Å². The lowest BCUT2D eigenvalue weighted by Gasteiger charge is -2.32. The van der Waals surface area contributed by atoms with Crippen molar-refractivity contribution in [3.8, 4) is 0 Å². The van der Waals surface area contributed by atoms with Crippen LogP contribution in [0.3, 0.4) is 0 Å². The third kappa shape index (κ3) is 3.97. The van der Waals surface area contributed by atoms with Crippen molar-refractivity contribution >= 4 is 5.82 Å². The molecule has 1 aromatic rings. The van der Waals surface area contributed by atoms with Gasteiger partial charge in [0.15, 0.2) is 0 Å². The molecular formula is C18H29N3. The Bertz CT molecular complexity index is 471. The summed E-state index contributed by atoms with van der Waals surface area (Å²) in [4.78, 5) is 7.40. The molecule has 0 atom stereocenters. The molecule has 1 aliphatic carbocycles. The molecule has 2 aliphatic rings. The highest BCUT2D eigenvalue weighted by atomic mass is 15.2. The topological polar surface area (TPSA) is 28.2 Å². The first kappa shape index (κ1) is 14.8. The highest BCUT2D eigenvalue weighted by Gasteiger charge is 2.21. The molecule has 0 radical (unpaired) electrons. The van der Waals surface area contributed by atoms with Crippen molar-refractivity contribution in [2.45, 2.75) is 65.0 Å². The third-order valence-corrected chi connectivity index (χ3v) is 4.76. The molecule has 2 fully saturated rings. The minimum absolute atomic E-state index is 0.494. The average molecular weight is 287 g/mol. The molecule has 1 saturated carbocycles. The zero-order chi connectivity index (χ0) is 14.8. The molecule has 21 heavy (non-hydrogen) atoms. The highest BCUT2D eigenvalue weighted by molar-refractivity contribution is 5.43. The van der Waals surface area contributed by atoms with E-state index >= 15 is 0 Å². The number of hydrogen-bond donors (Lipinski definition) is 1. The van der Waals surface area contributed by atoms with Crippen LogP contribution >= 0.6 is 0 Å². The van der Waals surface area contributed by atoms with Crippen molar-refractivity contribution in [1.29, 1.82) is 0 Å². The quantitative estimate of drug-likeness (QED) is 0.895. The van der Waals surface area contributed by atoms with Crippen molar-refractivity contribution in [2.75, 3.05) is 18.0 Å². The summed E-state index contributed by atoms with van der Waals surface area (Å²) in [5.41, 5.74) is 2.63. The van der Waals surface area contributed by atoms with E-state index in [1.807, 2.05) is 0 Å². The average Bonchev–Trinajstić information content (AvgIpc) is 3.30. The van der Waals surface area contributed by atoms with Crippen molar-refractivity contribution in [2.24, 2.45) is 5.92 Å². The lowest BCUT2D eigenvalue weighted by Crippen LogP contribution is -2.33. The lowest BCUT2D eigenvalue weighted by molar-refractivity contribution is 0.436. The van der Waals surface area contributed by atoms with Gasteiger partial charge >= 0.3 is 0 Å². The number of nitrogens with one attached hydrogen (secondary N) is 1. The first-order valence-electron chi connectivity index (χ1n) is 8.61. The van der Waals surface area contributed by atoms with Crippen LogP contribution in [-0.2, 0) is 6.54 Å². The van der Waals surface area contributed by atoms with Gasteiger partial charge in [0.05, 0.1) is 0 Å². The maximum absolute atomic E-state index is 4.92. The van der Waals surface area contributed by atoms with Gasteiger partial charge in [0, 0.05) is 31.4 Å². The van der Waals surface area contributed by atoms with Crippen LogP contribution in [0.25, 0.3) is 0 Å². The van der Waals surface area contributed by atoms with Crippen molar-refractivity contribution in [3.05, 3.63) is 23.4 Å². The van der Waals surface area contributed by atoms with Crippen LogP contribution in [-0.4, -0.2) is 24.1 Å². The third-order valence-electron chi connectivity index (χ3n) is 4.76. The smallest absolute Gasteiger partial charge is 0.129 e. The van der Waals surface area contributed by atoms with E-state index in [0.29, 0.717) is 5.92 Å². The largest absolute Gasteiger partial charge is 0.357 e. The summed E-state index contributed by atoms with van der Waals surface area (Å²) in [6.45, 7) is 10.1. The van der Waals surface area contributed by atoms with Crippen molar-refractivity contribution in [3.63, 3.8) is 0 Å². The van der Waals surface area contributed by atoms with Gasteiger partial charge in [-0.2, -0.15) is 0 Å². The summed E-state index contributed by atoms with van der Waals surface area (Å²) in [6, 6.07) is 5.35. The molecule has 116 valence electrons. The second-order valence-electron chi connectivity index (χ2n) is 7.24. The van der Waals surface area contributed by atoms with E-state index in [0.717, 1.165) is 31.6 Å². The molecule has 0 bridgehead atoms. The molecule has 2 heterocycles. The molecule has 1 aromatic heterocycles. The minimum Gasteiger partial charge on any atom is -0.357 e. The van der Waals surface area contributed by atoms with Crippen molar-refractivity contribution < 1.29 is 0 Å². The zero-order valence-corrected chi connectivity index (χ0v) is 13.7. The Morgan fingerprint density at radius 3 is 2.52 bits per heavy atom.